The maximum absolute atomic E-state index is 12.8. The van der Waals surface area contributed by atoms with Gasteiger partial charge in [-0.1, -0.05) is 103 Å². The Morgan fingerprint density at radius 1 is 0.556 bits per heavy atom. The topological polar surface area (TPSA) is 305 Å². The number of rotatable bonds is 52. The van der Waals surface area contributed by atoms with E-state index < -0.39 is 29.8 Å². The first-order chi connectivity index (χ1) is 34.8. The van der Waals surface area contributed by atoms with Crippen molar-refractivity contribution in [1.29, 1.82) is 0 Å². The molecule has 0 aromatic carbocycles. The van der Waals surface area contributed by atoms with Crippen LogP contribution in [0.25, 0.3) is 0 Å². The molecular weight excluding hydrogens is 933 g/mol. The number of nitrogens with zero attached hydrogens (tertiary/aromatic N) is 1. The van der Waals surface area contributed by atoms with Crippen LogP contribution in [0, 0.1) is 11.8 Å². The van der Waals surface area contributed by atoms with Crippen molar-refractivity contribution in [3.8, 4) is 0 Å². The number of aromatic nitrogens is 2. The summed E-state index contributed by atoms with van der Waals surface area (Å²) >= 11 is 0. The number of nitrogens with two attached hydrogens (primary N) is 1. The quantitative estimate of drug-likeness (QED) is 0.0392. The molecule has 20 heteroatoms. The normalized spacial score (nSPS) is 12.5. The third-order valence-corrected chi connectivity index (χ3v) is 12.1. The molecule has 3 amide bonds. The van der Waals surface area contributed by atoms with E-state index in [1.807, 2.05) is 0 Å². The second kappa shape index (κ2) is 45.0. The highest BCUT2D eigenvalue weighted by Crippen LogP contribution is 2.20. The van der Waals surface area contributed by atoms with E-state index in [1.165, 1.54) is 83.4 Å². The number of carbonyl (C=O) groups excluding carboxylic acids is 6. The van der Waals surface area contributed by atoms with Crippen molar-refractivity contribution in [2.24, 2.45) is 17.6 Å². The van der Waals surface area contributed by atoms with E-state index in [9.17, 15) is 43.5 Å². The fourth-order valence-corrected chi connectivity index (χ4v) is 7.87. The van der Waals surface area contributed by atoms with Crippen molar-refractivity contribution < 1.29 is 67.5 Å². The highest BCUT2D eigenvalue weighted by molar-refractivity contribution is 5.91. The number of ether oxygens (including phenoxy) is 4. The van der Waals surface area contributed by atoms with Gasteiger partial charge < -0.3 is 55.8 Å². The summed E-state index contributed by atoms with van der Waals surface area (Å²) in [7, 11) is 0. The lowest BCUT2D eigenvalue weighted by atomic mass is 9.87. The van der Waals surface area contributed by atoms with Gasteiger partial charge >= 0.3 is 11.9 Å². The van der Waals surface area contributed by atoms with Crippen LogP contribution in [0.3, 0.4) is 0 Å². The Morgan fingerprint density at radius 3 is 1.61 bits per heavy atom. The number of aliphatic carboxylic acids is 2. The molecule has 0 spiro atoms. The van der Waals surface area contributed by atoms with Crippen LogP contribution in [0.1, 0.15) is 173 Å². The Hall–Kier alpha value is -4.63. The van der Waals surface area contributed by atoms with Crippen molar-refractivity contribution >= 4 is 47.0 Å². The summed E-state index contributed by atoms with van der Waals surface area (Å²) in [6.07, 6.45) is 23.1. The minimum absolute atomic E-state index is 0.00364. The number of nitrogens with one attached hydrogen (secondary N) is 4. The SMILES string of the molecule is CCCCCCCCCCCCCCCCCC(=O)C[C@@H](CCC(=O)NCCOCCOCC(=O)NCCOCCOCC(=O)NCCCC[C@H](CC(=O)[C@@H](N)Cc1cnc[nH]1)C(=O)CCC(=O)O)C(=O)O. The maximum Gasteiger partial charge on any atom is 0.306 e. The Bertz CT molecular complexity index is 1630. The van der Waals surface area contributed by atoms with Crippen molar-refractivity contribution in [3.63, 3.8) is 0 Å². The molecule has 72 heavy (non-hydrogen) atoms. The van der Waals surface area contributed by atoms with E-state index >= 15 is 0 Å². The molecule has 1 rings (SSSR count). The first-order valence-corrected chi connectivity index (χ1v) is 26.7. The zero-order chi connectivity index (χ0) is 52.9. The highest BCUT2D eigenvalue weighted by Gasteiger charge is 2.26. The summed E-state index contributed by atoms with van der Waals surface area (Å²) in [5, 5.41) is 26.7. The Kier molecular flexibility index (Phi) is 40.9. The van der Waals surface area contributed by atoms with Crippen LogP contribution in [0.15, 0.2) is 12.5 Å². The van der Waals surface area contributed by atoms with Crippen LogP contribution in [0.2, 0.25) is 0 Å². The molecule has 8 N–H and O–H groups in total. The molecule has 0 aliphatic heterocycles. The molecular formula is C52H90N6O14. The molecule has 0 unspecified atom stereocenters. The lowest BCUT2D eigenvalue weighted by molar-refractivity contribution is -0.144. The van der Waals surface area contributed by atoms with Crippen molar-refractivity contribution in [2.45, 2.75) is 180 Å². The Balaban J connectivity index is 2.00. The van der Waals surface area contributed by atoms with E-state index in [0.29, 0.717) is 37.9 Å². The average Bonchev–Trinajstić information content (AvgIpc) is 3.87. The molecule has 3 atom stereocenters. The lowest BCUT2D eigenvalue weighted by Crippen LogP contribution is -2.35. The third kappa shape index (κ3) is 39.0. The fourth-order valence-electron chi connectivity index (χ4n) is 7.87. The summed E-state index contributed by atoms with van der Waals surface area (Å²) in [5.74, 6) is -5.38. The van der Waals surface area contributed by atoms with E-state index in [4.69, 9.17) is 29.8 Å². The highest BCUT2D eigenvalue weighted by atomic mass is 16.5. The zero-order valence-electron chi connectivity index (χ0n) is 43.4. The second-order valence-electron chi connectivity index (χ2n) is 18.5. The Labute approximate surface area is 427 Å². The molecule has 1 aromatic heterocycles. The minimum atomic E-state index is -1.10. The molecule has 0 aliphatic carbocycles. The molecule has 412 valence electrons. The number of carboxylic acids is 2. The number of carbonyl (C=O) groups is 8. The van der Waals surface area contributed by atoms with Gasteiger partial charge in [-0.2, -0.15) is 0 Å². The molecule has 1 aromatic rings. The number of ketones is 3. The third-order valence-electron chi connectivity index (χ3n) is 12.1. The van der Waals surface area contributed by atoms with E-state index in [1.54, 1.807) is 6.20 Å². The molecule has 0 radical (unpaired) electrons. The van der Waals surface area contributed by atoms with Crippen LogP contribution < -0.4 is 21.7 Å². The van der Waals surface area contributed by atoms with Gasteiger partial charge in [0.05, 0.1) is 64.3 Å². The molecule has 20 nitrogen and oxygen atoms in total. The fraction of sp³-hybridized carbons (Fsp3) is 0.788. The van der Waals surface area contributed by atoms with Crippen LogP contribution in [-0.2, 0) is 63.7 Å². The van der Waals surface area contributed by atoms with E-state index in [-0.39, 0.29) is 146 Å². The Morgan fingerprint density at radius 2 is 1.08 bits per heavy atom. The monoisotopic (exact) mass is 1020 g/mol. The van der Waals surface area contributed by atoms with Gasteiger partial charge in [0.1, 0.15) is 24.8 Å². The predicted octanol–water partition coefficient (Wildman–Crippen LogP) is 5.58. The summed E-state index contributed by atoms with van der Waals surface area (Å²) in [4.78, 5) is 104. The zero-order valence-corrected chi connectivity index (χ0v) is 43.4. The number of H-pyrrole nitrogens is 1. The van der Waals surface area contributed by atoms with Gasteiger partial charge in [-0.05, 0) is 25.7 Å². The van der Waals surface area contributed by atoms with Gasteiger partial charge in [0.25, 0.3) is 0 Å². The first kappa shape index (κ1) is 65.4. The molecule has 0 saturated carbocycles. The molecule has 0 aliphatic rings. The molecule has 1 heterocycles. The summed E-state index contributed by atoms with van der Waals surface area (Å²) in [6.45, 7) is 3.77. The van der Waals surface area contributed by atoms with Crippen LogP contribution in [0.4, 0.5) is 0 Å². The summed E-state index contributed by atoms with van der Waals surface area (Å²) < 4.78 is 21.5. The van der Waals surface area contributed by atoms with Crippen LogP contribution in [-0.4, -0.2) is 146 Å². The van der Waals surface area contributed by atoms with Gasteiger partial charge in [-0.25, -0.2) is 4.98 Å². The predicted molar refractivity (Wildman–Crippen MR) is 271 cm³/mol. The molecule has 0 fully saturated rings. The smallest absolute Gasteiger partial charge is 0.306 e. The number of hydrogen-bond acceptors (Lipinski definition) is 14. The molecule has 0 bridgehead atoms. The largest absolute Gasteiger partial charge is 0.481 e. The lowest BCUT2D eigenvalue weighted by Gasteiger charge is -2.17. The molecule has 0 saturated heterocycles. The minimum Gasteiger partial charge on any atom is -0.481 e. The van der Waals surface area contributed by atoms with Crippen LogP contribution in [0.5, 0.6) is 0 Å². The number of aromatic amines is 1. The number of hydrogen-bond donors (Lipinski definition) is 7. The van der Waals surface area contributed by atoms with Gasteiger partial charge in [0, 0.05) is 76.0 Å². The first-order valence-electron chi connectivity index (χ1n) is 26.7. The van der Waals surface area contributed by atoms with Crippen molar-refractivity contribution in [3.05, 3.63) is 18.2 Å². The average molecular weight is 1020 g/mol. The van der Waals surface area contributed by atoms with Crippen molar-refractivity contribution in [1.82, 2.24) is 25.9 Å². The van der Waals surface area contributed by atoms with Gasteiger partial charge in [-0.3, -0.25) is 38.4 Å². The number of unbranched alkanes of at least 4 members (excludes halogenated alkanes) is 15. The van der Waals surface area contributed by atoms with Crippen LogP contribution >= 0.6 is 0 Å². The van der Waals surface area contributed by atoms with Gasteiger partial charge in [-0.15, -0.1) is 0 Å². The van der Waals surface area contributed by atoms with Crippen molar-refractivity contribution in [2.75, 3.05) is 72.5 Å². The summed E-state index contributed by atoms with van der Waals surface area (Å²) in [5.41, 5.74) is 6.74. The van der Waals surface area contributed by atoms with E-state index in [0.717, 1.165) is 19.3 Å². The number of amides is 3. The summed E-state index contributed by atoms with van der Waals surface area (Å²) in [6, 6.07) is -0.829. The van der Waals surface area contributed by atoms with Gasteiger partial charge in [0.2, 0.25) is 17.7 Å². The number of Topliss-reactive ketones (excluding diaryl/α,β-unsaturated/α-hetero) is 3. The van der Waals surface area contributed by atoms with E-state index in [2.05, 4.69) is 32.8 Å². The maximum atomic E-state index is 12.8. The number of carboxylic acid groups (broad SMARTS) is 2. The van der Waals surface area contributed by atoms with Gasteiger partial charge in [0.15, 0.2) is 5.78 Å². The standard InChI is InChI=1S/C52H90N6O14/c1-2-3-4-5-6-7-8-9-10-11-12-13-14-15-16-20-44(59)34-42(52(67)68)21-23-48(62)56-26-28-69-30-33-72-39-50(64)57-27-29-70-31-32-71-38-49(63)55-25-18-17-19-41(46(60)22-24-51(65)66)35-47(61)45(53)36-43-37-54-40-58-43/h37,40-42,45H,2-36,38-39,53H2,1H3,(H,54,58)(H,55,63)(H,56,62)(H,57,64)(H,65,66)(H,67,68)/t41-,42-,45+/m1/s1. The number of imidazole rings is 1. The second-order valence-corrected chi connectivity index (χ2v) is 18.5.